The van der Waals surface area contributed by atoms with Gasteiger partial charge in [-0.2, -0.15) is 0 Å². The van der Waals surface area contributed by atoms with Crippen LogP contribution in [0.2, 0.25) is 0 Å². The van der Waals surface area contributed by atoms with Gasteiger partial charge >= 0.3 is 0 Å². The van der Waals surface area contributed by atoms with Crippen LogP contribution in [0.25, 0.3) is 0 Å². The fourth-order valence-electron chi connectivity index (χ4n) is 2.51. The van der Waals surface area contributed by atoms with Crippen LogP contribution < -0.4 is 9.47 Å². The molecule has 0 aliphatic carbocycles. The molecule has 0 unspecified atom stereocenters. The van der Waals surface area contributed by atoms with E-state index in [-0.39, 0.29) is 17.2 Å². The van der Waals surface area contributed by atoms with Crippen LogP contribution in [0.4, 0.5) is 0 Å². The van der Waals surface area contributed by atoms with Gasteiger partial charge < -0.3 is 19.7 Å². The second-order valence-electron chi connectivity index (χ2n) is 5.36. The van der Waals surface area contributed by atoms with Crippen molar-refractivity contribution in [3.05, 3.63) is 47.0 Å². The van der Waals surface area contributed by atoms with Crippen LogP contribution in [-0.2, 0) is 9.84 Å². The van der Waals surface area contributed by atoms with Crippen molar-refractivity contribution in [1.82, 2.24) is 0 Å². The van der Waals surface area contributed by atoms with Crippen molar-refractivity contribution in [2.75, 3.05) is 13.6 Å². The standard InChI is InChI=1S/C17H20O6S.CH4/c1-11-6-14(4-5-16(11)22-9-18)24(20,21)15-7-12(2)17(23-10-19)13(3)8-15;/h4-8,18-19H,9-10H2,1-3H3;1H4. The molecule has 0 aromatic heterocycles. The second-order valence-corrected chi connectivity index (χ2v) is 7.31. The summed E-state index contributed by atoms with van der Waals surface area (Å²) in [6.45, 7) is 4.20. The lowest BCUT2D eigenvalue weighted by Crippen LogP contribution is -2.06. The summed E-state index contributed by atoms with van der Waals surface area (Å²) in [4.78, 5) is 0.290. The average molecular weight is 368 g/mol. The van der Waals surface area contributed by atoms with Crippen molar-refractivity contribution < 1.29 is 28.1 Å². The third-order valence-electron chi connectivity index (χ3n) is 3.63. The van der Waals surface area contributed by atoms with Crippen molar-refractivity contribution >= 4 is 9.84 Å². The quantitative estimate of drug-likeness (QED) is 0.762. The fraction of sp³-hybridized carbons (Fsp3) is 0.333. The van der Waals surface area contributed by atoms with Gasteiger partial charge in [0.1, 0.15) is 11.5 Å². The van der Waals surface area contributed by atoms with E-state index >= 15 is 0 Å². The summed E-state index contributed by atoms with van der Waals surface area (Å²) in [5.41, 5.74) is 1.86. The van der Waals surface area contributed by atoms with Crippen LogP contribution >= 0.6 is 0 Å². The van der Waals surface area contributed by atoms with Crippen LogP contribution in [0.15, 0.2) is 40.1 Å². The highest BCUT2D eigenvalue weighted by Gasteiger charge is 2.21. The molecule has 2 rings (SSSR count). The van der Waals surface area contributed by atoms with Gasteiger partial charge in [-0.15, -0.1) is 0 Å². The zero-order valence-electron chi connectivity index (χ0n) is 13.7. The van der Waals surface area contributed by atoms with Crippen LogP contribution in [0.1, 0.15) is 24.1 Å². The number of hydrogen-bond donors (Lipinski definition) is 2. The molecule has 0 fully saturated rings. The minimum atomic E-state index is -3.71. The summed E-state index contributed by atoms with van der Waals surface area (Å²) in [6.07, 6.45) is 0. The zero-order valence-corrected chi connectivity index (χ0v) is 14.6. The van der Waals surface area contributed by atoms with Crippen LogP contribution in [-0.4, -0.2) is 32.2 Å². The van der Waals surface area contributed by atoms with Gasteiger partial charge in [0, 0.05) is 0 Å². The lowest BCUT2D eigenvalue weighted by atomic mass is 10.1. The molecular weight excluding hydrogens is 344 g/mol. The molecule has 7 heteroatoms. The van der Waals surface area contributed by atoms with E-state index < -0.39 is 23.4 Å². The van der Waals surface area contributed by atoms with Crippen molar-refractivity contribution in [2.45, 2.75) is 38.0 Å². The number of ether oxygens (including phenoxy) is 2. The summed E-state index contributed by atoms with van der Waals surface area (Å²) < 4.78 is 35.8. The van der Waals surface area contributed by atoms with Crippen molar-refractivity contribution in [3.8, 4) is 11.5 Å². The van der Waals surface area contributed by atoms with Crippen LogP contribution in [0.3, 0.4) is 0 Å². The molecule has 138 valence electrons. The number of hydrogen-bond acceptors (Lipinski definition) is 6. The molecule has 2 N–H and O–H groups in total. The number of rotatable bonds is 6. The highest BCUT2D eigenvalue weighted by Crippen LogP contribution is 2.31. The molecule has 0 spiro atoms. The fourth-order valence-corrected chi connectivity index (χ4v) is 4.03. The van der Waals surface area contributed by atoms with Gasteiger partial charge in [0.05, 0.1) is 9.79 Å². The minimum Gasteiger partial charge on any atom is -0.467 e. The Hall–Kier alpha value is -2.09. The van der Waals surface area contributed by atoms with Crippen LogP contribution in [0, 0.1) is 20.8 Å². The molecule has 0 amide bonds. The van der Waals surface area contributed by atoms with Gasteiger partial charge in [0.25, 0.3) is 0 Å². The van der Waals surface area contributed by atoms with Gasteiger partial charge in [-0.05, 0) is 67.8 Å². The van der Waals surface area contributed by atoms with E-state index in [4.69, 9.17) is 19.7 Å². The molecule has 0 saturated carbocycles. The van der Waals surface area contributed by atoms with E-state index in [1.807, 2.05) is 0 Å². The first-order valence-electron chi connectivity index (χ1n) is 7.25. The van der Waals surface area contributed by atoms with E-state index in [1.165, 1.54) is 30.3 Å². The predicted molar refractivity (Wildman–Crippen MR) is 94.7 cm³/mol. The molecule has 0 saturated heterocycles. The highest BCUT2D eigenvalue weighted by atomic mass is 32.2. The SMILES string of the molecule is C.Cc1cc(S(=O)(=O)c2cc(C)c(OCO)c(C)c2)ccc1OCO. The van der Waals surface area contributed by atoms with Crippen molar-refractivity contribution in [2.24, 2.45) is 0 Å². The first-order chi connectivity index (χ1) is 11.3. The Morgan fingerprint density at radius 1 is 0.840 bits per heavy atom. The summed E-state index contributed by atoms with van der Waals surface area (Å²) in [7, 11) is -3.71. The third-order valence-corrected chi connectivity index (χ3v) is 5.36. The summed E-state index contributed by atoms with van der Waals surface area (Å²) in [5.74, 6) is 0.898. The Bertz CT molecular complexity index is 820. The molecular formula is C18H24O6S. The Morgan fingerprint density at radius 3 is 1.84 bits per heavy atom. The van der Waals surface area contributed by atoms with Gasteiger partial charge in [-0.25, -0.2) is 8.42 Å². The van der Waals surface area contributed by atoms with Gasteiger partial charge in [-0.1, -0.05) is 7.43 Å². The molecule has 2 aromatic rings. The maximum Gasteiger partial charge on any atom is 0.206 e. The zero-order chi connectivity index (χ0) is 17.9. The molecule has 0 bridgehead atoms. The maximum absolute atomic E-state index is 12.8. The lowest BCUT2D eigenvalue weighted by molar-refractivity contribution is 0.0969. The van der Waals surface area contributed by atoms with E-state index in [2.05, 4.69) is 0 Å². The molecule has 0 aliphatic rings. The maximum atomic E-state index is 12.8. The predicted octanol–water partition coefficient (Wildman–Crippen LogP) is 2.74. The monoisotopic (exact) mass is 368 g/mol. The molecule has 0 aliphatic heterocycles. The van der Waals surface area contributed by atoms with Crippen LogP contribution in [0.5, 0.6) is 11.5 Å². The third kappa shape index (κ3) is 4.31. The minimum absolute atomic E-state index is 0. The Morgan fingerprint density at radius 2 is 1.36 bits per heavy atom. The van der Waals surface area contributed by atoms with Gasteiger partial charge in [0.2, 0.25) is 9.84 Å². The highest BCUT2D eigenvalue weighted by molar-refractivity contribution is 7.91. The number of benzene rings is 2. The average Bonchev–Trinajstić information content (AvgIpc) is 2.52. The van der Waals surface area contributed by atoms with E-state index in [0.29, 0.717) is 28.2 Å². The Labute approximate surface area is 148 Å². The smallest absolute Gasteiger partial charge is 0.206 e. The number of aryl methyl sites for hydroxylation is 3. The van der Waals surface area contributed by atoms with Gasteiger partial charge in [-0.3, -0.25) is 0 Å². The topological polar surface area (TPSA) is 93.1 Å². The normalized spacial score (nSPS) is 10.9. The van der Waals surface area contributed by atoms with E-state index in [9.17, 15) is 8.42 Å². The number of aliphatic hydroxyl groups excluding tert-OH is 2. The second kappa shape index (κ2) is 8.33. The summed E-state index contributed by atoms with van der Waals surface area (Å²) in [5, 5.41) is 17.7. The summed E-state index contributed by atoms with van der Waals surface area (Å²) >= 11 is 0. The molecule has 6 nitrogen and oxygen atoms in total. The lowest BCUT2D eigenvalue weighted by Gasteiger charge is -2.14. The molecule has 0 radical (unpaired) electrons. The first-order valence-corrected chi connectivity index (χ1v) is 8.74. The van der Waals surface area contributed by atoms with Crippen molar-refractivity contribution in [1.29, 1.82) is 0 Å². The molecule has 25 heavy (non-hydrogen) atoms. The molecule has 0 atom stereocenters. The number of sulfone groups is 1. The Balaban J connectivity index is 0.00000312. The number of aliphatic hydroxyl groups is 2. The van der Waals surface area contributed by atoms with Crippen molar-refractivity contribution in [3.63, 3.8) is 0 Å². The molecule has 2 aromatic carbocycles. The van der Waals surface area contributed by atoms with E-state index in [1.54, 1.807) is 20.8 Å². The summed E-state index contributed by atoms with van der Waals surface area (Å²) in [6, 6.07) is 7.49. The van der Waals surface area contributed by atoms with Gasteiger partial charge in [0.15, 0.2) is 13.6 Å². The Kier molecular flexibility index (Phi) is 6.98. The van der Waals surface area contributed by atoms with E-state index in [0.717, 1.165) is 0 Å². The largest absolute Gasteiger partial charge is 0.467 e. The first kappa shape index (κ1) is 21.0. The molecule has 0 heterocycles.